The monoisotopic (exact) mass is 510 g/mol. The SMILES string of the molecule is COc1ccc(Cl)cc1NC(=O)c1cnn2c1N[C@@H](c1ccc(OC)c(OC)c1)C[C@@H]2C(F)(F)F. The van der Waals surface area contributed by atoms with Crippen LogP contribution in [-0.4, -0.2) is 43.2 Å². The van der Waals surface area contributed by atoms with Crippen molar-refractivity contribution in [1.29, 1.82) is 0 Å². The first-order chi connectivity index (χ1) is 16.7. The number of alkyl halides is 3. The van der Waals surface area contributed by atoms with E-state index in [0.29, 0.717) is 27.8 Å². The van der Waals surface area contributed by atoms with Crippen molar-refractivity contribution in [2.45, 2.75) is 24.7 Å². The van der Waals surface area contributed by atoms with Crippen LogP contribution in [0.15, 0.2) is 42.6 Å². The number of nitrogens with zero attached hydrogens (tertiary/aromatic N) is 2. The summed E-state index contributed by atoms with van der Waals surface area (Å²) in [5.41, 5.74) is 0.739. The van der Waals surface area contributed by atoms with E-state index in [1.54, 1.807) is 30.3 Å². The van der Waals surface area contributed by atoms with E-state index in [0.717, 1.165) is 10.9 Å². The Labute approximate surface area is 203 Å². The predicted octanol–water partition coefficient (Wildman–Crippen LogP) is 5.47. The molecule has 2 heterocycles. The maximum Gasteiger partial charge on any atom is 0.410 e. The number of benzene rings is 2. The molecule has 0 aliphatic carbocycles. The Morgan fingerprint density at radius 2 is 1.77 bits per heavy atom. The molecule has 0 radical (unpaired) electrons. The molecule has 0 saturated carbocycles. The smallest absolute Gasteiger partial charge is 0.410 e. The van der Waals surface area contributed by atoms with E-state index in [1.807, 2.05) is 0 Å². The van der Waals surface area contributed by atoms with Crippen LogP contribution in [0, 0.1) is 0 Å². The zero-order valence-electron chi connectivity index (χ0n) is 18.9. The lowest BCUT2D eigenvalue weighted by Crippen LogP contribution is -2.36. The van der Waals surface area contributed by atoms with E-state index < -0.39 is 24.2 Å². The minimum absolute atomic E-state index is 0.0585. The summed E-state index contributed by atoms with van der Waals surface area (Å²) < 4.78 is 58.6. The lowest BCUT2D eigenvalue weighted by molar-refractivity contribution is -0.173. The van der Waals surface area contributed by atoms with Gasteiger partial charge in [0.2, 0.25) is 0 Å². The van der Waals surface area contributed by atoms with Gasteiger partial charge in [-0.3, -0.25) is 4.79 Å². The van der Waals surface area contributed by atoms with Crippen LogP contribution < -0.4 is 24.8 Å². The first-order valence-corrected chi connectivity index (χ1v) is 10.8. The van der Waals surface area contributed by atoms with E-state index in [9.17, 15) is 18.0 Å². The van der Waals surface area contributed by atoms with Gasteiger partial charge in [-0.15, -0.1) is 0 Å². The van der Waals surface area contributed by atoms with Gasteiger partial charge in [0.05, 0.1) is 39.3 Å². The molecule has 0 unspecified atom stereocenters. The van der Waals surface area contributed by atoms with Crippen molar-refractivity contribution in [2.24, 2.45) is 0 Å². The Hall–Kier alpha value is -3.60. The number of rotatable bonds is 6. The summed E-state index contributed by atoms with van der Waals surface area (Å²) in [6.45, 7) is 0. The molecule has 2 atom stereocenters. The standard InChI is InChI=1S/C23H22ClF3N4O4/c1-33-17-7-5-13(24)9-16(17)30-22(32)14-11-28-31-20(23(25,26)27)10-15(29-21(14)31)12-4-6-18(34-2)19(8-12)35-3/h4-9,11,15,20,29H,10H2,1-3H3,(H,30,32)/t15-,20-/m1/s1. The Bertz CT molecular complexity index is 1250. The van der Waals surface area contributed by atoms with Crippen LogP contribution in [0.5, 0.6) is 17.2 Å². The Kier molecular flexibility index (Phi) is 6.70. The number of hydrogen-bond acceptors (Lipinski definition) is 6. The van der Waals surface area contributed by atoms with E-state index in [1.165, 1.54) is 27.4 Å². The molecule has 2 N–H and O–H groups in total. The molecule has 8 nitrogen and oxygen atoms in total. The lowest BCUT2D eigenvalue weighted by atomic mass is 9.96. The van der Waals surface area contributed by atoms with E-state index in [2.05, 4.69) is 15.7 Å². The van der Waals surface area contributed by atoms with Crippen molar-refractivity contribution in [3.8, 4) is 17.2 Å². The van der Waals surface area contributed by atoms with Gasteiger partial charge >= 0.3 is 6.18 Å². The molecule has 1 amide bonds. The fourth-order valence-corrected chi connectivity index (χ4v) is 4.16. The van der Waals surface area contributed by atoms with Crippen LogP contribution in [0.1, 0.15) is 34.4 Å². The zero-order valence-corrected chi connectivity index (χ0v) is 19.7. The molecule has 186 valence electrons. The van der Waals surface area contributed by atoms with E-state index in [4.69, 9.17) is 25.8 Å². The highest BCUT2D eigenvalue weighted by atomic mass is 35.5. The van der Waals surface area contributed by atoms with Crippen LogP contribution in [0.4, 0.5) is 24.7 Å². The fraction of sp³-hybridized carbons (Fsp3) is 0.304. The third-order valence-corrected chi connectivity index (χ3v) is 5.94. The number of ether oxygens (including phenoxy) is 3. The van der Waals surface area contributed by atoms with Gasteiger partial charge in [-0.2, -0.15) is 18.3 Å². The zero-order chi connectivity index (χ0) is 25.3. The minimum Gasteiger partial charge on any atom is -0.495 e. The van der Waals surface area contributed by atoms with Crippen molar-refractivity contribution in [2.75, 3.05) is 32.0 Å². The Morgan fingerprint density at radius 1 is 1.09 bits per heavy atom. The number of carbonyl (C=O) groups excluding carboxylic acids is 1. The van der Waals surface area contributed by atoms with Crippen molar-refractivity contribution in [1.82, 2.24) is 9.78 Å². The van der Waals surface area contributed by atoms with Crippen LogP contribution in [0.2, 0.25) is 5.02 Å². The van der Waals surface area contributed by atoms with Crippen LogP contribution >= 0.6 is 11.6 Å². The molecule has 0 fully saturated rings. The first-order valence-electron chi connectivity index (χ1n) is 10.4. The second-order valence-electron chi connectivity index (χ2n) is 7.75. The summed E-state index contributed by atoms with van der Waals surface area (Å²) in [6, 6.07) is 6.77. The number of anilines is 2. The molecule has 1 aromatic heterocycles. The first kappa shape index (κ1) is 24.5. The number of nitrogens with one attached hydrogen (secondary N) is 2. The topological polar surface area (TPSA) is 86.6 Å². The molecular formula is C23H22ClF3N4O4. The summed E-state index contributed by atoms with van der Waals surface area (Å²) in [6.07, 6.45) is -3.83. The van der Waals surface area contributed by atoms with Crippen molar-refractivity contribution in [3.05, 3.63) is 58.7 Å². The quantitative estimate of drug-likeness (QED) is 0.457. The van der Waals surface area contributed by atoms with E-state index in [-0.39, 0.29) is 23.5 Å². The third kappa shape index (κ3) is 4.81. The Morgan fingerprint density at radius 3 is 2.43 bits per heavy atom. The van der Waals surface area contributed by atoms with Crippen molar-refractivity contribution >= 4 is 29.0 Å². The fourth-order valence-electron chi connectivity index (χ4n) is 3.98. The highest BCUT2D eigenvalue weighted by Gasteiger charge is 2.47. The molecule has 1 aliphatic heterocycles. The van der Waals surface area contributed by atoms with Crippen LogP contribution in [0.25, 0.3) is 0 Å². The van der Waals surface area contributed by atoms with Crippen LogP contribution in [-0.2, 0) is 0 Å². The predicted molar refractivity (Wildman–Crippen MR) is 124 cm³/mol. The second-order valence-corrected chi connectivity index (χ2v) is 8.19. The lowest BCUT2D eigenvalue weighted by Gasteiger charge is -2.34. The summed E-state index contributed by atoms with van der Waals surface area (Å²) >= 11 is 6.02. The van der Waals surface area contributed by atoms with E-state index >= 15 is 0 Å². The molecule has 4 rings (SSSR count). The van der Waals surface area contributed by atoms with Gasteiger partial charge in [-0.25, -0.2) is 4.68 Å². The van der Waals surface area contributed by atoms with Gasteiger partial charge in [-0.1, -0.05) is 17.7 Å². The number of methoxy groups -OCH3 is 3. The number of amides is 1. The maximum absolute atomic E-state index is 14.0. The molecule has 12 heteroatoms. The van der Waals surface area contributed by atoms with Gasteiger partial charge in [0, 0.05) is 11.4 Å². The summed E-state index contributed by atoms with van der Waals surface area (Å²) in [4.78, 5) is 13.1. The average molecular weight is 511 g/mol. The largest absolute Gasteiger partial charge is 0.495 e. The molecule has 35 heavy (non-hydrogen) atoms. The molecule has 2 aromatic carbocycles. The number of fused-ring (bicyclic) bond motifs is 1. The normalized spacial score (nSPS) is 17.2. The van der Waals surface area contributed by atoms with Gasteiger partial charge in [0.15, 0.2) is 17.5 Å². The number of hydrogen-bond donors (Lipinski definition) is 2. The van der Waals surface area contributed by atoms with Gasteiger partial charge in [0.1, 0.15) is 17.1 Å². The summed E-state index contributed by atoms with van der Waals surface area (Å²) in [5.74, 6) is 0.429. The molecule has 0 saturated heterocycles. The summed E-state index contributed by atoms with van der Waals surface area (Å²) in [7, 11) is 4.33. The average Bonchev–Trinajstić information content (AvgIpc) is 3.26. The summed E-state index contributed by atoms with van der Waals surface area (Å²) in [5, 5.41) is 9.92. The van der Waals surface area contributed by atoms with Gasteiger partial charge in [-0.05, 0) is 35.9 Å². The van der Waals surface area contributed by atoms with Gasteiger partial charge in [0.25, 0.3) is 5.91 Å². The number of carbonyl (C=O) groups is 1. The second kappa shape index (κ2) is 9.57. The minimum atomic E-state index is -4.60. The number of aromatic nitrogens is 2. The molecule has 1 aliphatic rings. The molecule has 0 bridgehead atoms. The Balaban J connectivity index is 1.71. The van der Waals surface area contributed by atoms with Crippen molar-refractivity contribution < 1.29 is 32.2 Å². The molecule has 0 spiro atoms. The maximum atomic E-state index is 14.0. The van der Waals surface area contributed by atoms with Gasteiger partial charge < -0.3 is 24.8 Å². The third-order valence-electron chi connectivity index (χ3n) is 5.70. The highest BCUT2D eigenvalue weighted by molar-refractivity contribution is 6.31. The highest BCUT2D eigenvalue weighted by Crippen LogP contribution is 2.45. The van der Waals surface area contributed by atoms with Crippen LogP contribution in [0.3, 0.4) is 0 Å². The van der Waals surface area contributed by atoms with Crippen molar-refractivity contribution in [3.63, 3.8) is 0 Å². The number of halogens is 4. The molecular weight excluding hydrogens is 489 g/mol. The molecule has 3 aromatic rings.